The lowest BCUT2D eigenvalue weighted by atomic mass is 10.1. The number of nitrogens with zero attached hydrogens (tertiary/aromatic N) is 2. The van der Waals surface area contributed by atoms with Crippen LogP contribution in [0, 0.1) is 0 Å². The van der Waals surface area contributed by atoms with Gasteiger partial charge in [0.2, 0.25) is 0 Å². The number of hydrogen-bond acceptors (Lipinski definition) is 3. The van der Waals surface area contributed by atoms with E-state index in [1.165, 1.54) is 6.07 Å². The first kappa shape index (κ1) is 17.6. The minimum Gasteiger partial charge on any atom is -0.494 e. The molecule has 0 saturated heterocycles. The predicted molar refractivity (Wildman–Crippen MR) is 81.7 cm³/mol. The lowest BCUT2D eigenvalue weighted by Crippen LogP contribution is -2.30. The van der Waals surface area contributed by atoms with Gasteiger partial charge in [-0.2, -0.15) is 18.3 Å². The summed E-state index contributed by atoms with van der Waals surface area (Å²) in [5.74, 6) is 0.0886. The third-order valence-corrected chi connectivity index (χ3v) is 3.21. The highest BCUT2D eigenvalue weighted by molar-refractivity contribution is 5.90. The minimum absolute atomic E-state index is 0.0886. The highest BCUT2D eigenvalue weighted by Crippen LogP contribution is 2.37. The number of nitrogens with one attached hydrogen (secondary N) is 2. The van der Waals surface area contributed by atoms with E-state index in [4.69, 9.17) is 4.74 Å². The van der Waals surface area contributed by atoms with Crippen molar-refractivity contribution >= 4 is 11.7 Å². The fraction of sp³-hybridized carbons (Fsp3) is 0.333. The molecule has 0 radical (unpaired) electrons. The maximum atomic E-state index is 13.1. The molecule has 0 unspecified atom stereocenters. The van der Waals surface area contributed by atoms with Crippen LogP contribution in [0.15, 0.2) is 30.5 Å². The van der Waals surface area contributed by atoms with E-state index in [2.05, 4.69) is 15.7 Å². The first-order valence-corrected chi connectivity index (χ1v) is 7.17. The first-order chi connectivity index (χ1) is 11.3. The molecule has 0 fully saturated rings. The Morgan fingerprint density at radius 2 is 2.08 bits per heavy atom. The topological polar surface area (TPSA) is 68.2 Å². The number of carbonyl (C=O) groups excluding carboxylic acids is 1. The first-order valence-electron chi connectivity index (χ1n) is 7.17. The molecule has 1 aromatic carbocycles. The van der Waals surface area contributed by atoms with Crippen LogP contribution in [0.2, 0.25) is 0 Å². The van der Waals surface area contributed by atoms with Gasteiger partial charge in [0.05, 0.1) is 30.1 Å². The predicted octanol–water partition coefficient (Wildman–Crippen LogP) is 3.16. The second-order valence-electron chi connectivity index (χ2n) is 4.89. The molecular weight excluding hydrogens is 325 g/mol. The van der Waals surface area contributed by atoms with Gasteiger partial charge in [0.25, 0.3) is 0 Å². The number of aryl methyl sites for hydroxylation is 1. The van der Waals surface area contributed by atoms with Gasteiger partial charge < -0.3 is 15.4 Å². The quantitative estimate of drug-likeness (QED) is 0.877. The van der Waals surface area contributed by atoms with Gasteiger partial charge in [-0.05, 0) is 31.2 Å². The molecule has 0 aliphatic carbocycles. The van der Waals surface area contributed by atoms with Gasteiger partial charge >= 0.3 is 12.2 Å². The zero-order chi connectivity index (χ0) is 17.7. The van der Waals surface area contributed by atoms with E-state index in [0.717, 1.165) is 12.1 Å². The van der Waals surface area contributed by atoms with E-state index < -0.39 is 17.8 Å². The molecule has 2 N–H and O–H groups in total. The highest BCUT2D eigenvalue weighted by atomic mass is 19.4. The van der Waals surface area contributed by atoms with E-state index in [0.29, 0.717) is 5.69 Å². The van der Waals surface area contributed by atoms with Crippen molar-refractivity contribution in [2.24, 2.45) is 7.05 Å². The molecule has 2 rings (SSSR count). The van der Waals surface area contributed by atoms with E-state index in [1.807, 2.05) is 0 Å². The van der Waals surface area contributed by atoms with Crippen molar-refractivity contribution in [3.63, 3.8) is 0 Å². The third kappa shape index (κ3) is 4.40. The van der Waals surface area contributed by atoms with Crippen LogP contribution in [0.1, 0.15) is 18.2 Å². The average molecular weight is 342 g/mol. The van der Waals surface area contributed by atoms with E-state index >= 15 is 0 Å². The summed E-state index contributed by atoms with van der Waals surface area (Å²) in [6, 6.07) is 4.34. The van der Waals surface area contributed by atoms with E-state index in [9.17, 15) is 18.0 Å². The number of benzene rings is 1. The molecule has 1 heterocycles. The van der Waals surface area contributed by atoms with E-state index in [-0.39, 0.29) is 24.6 Å². The monoisotopic (exact) mass is 342 g/mol. The largest absolute Gasteiger partial charge is 0.494 e. The van der Waals surface area contributed by atoms with Crippen molar-refractivity contribution in [2.45, 2.75) is 19.6 Å². The number of urea groups is 1. The van der Waals surface area contributed by atoms with E-state index in [1.54, 1.807) is 30.9 Å². The molecule has 24 heavy (non-hydrogen) atoms. The molecule has 2 amide bonds. The Kier molecular flexibility index (Phi) is 5.32. The summed E-state index contributed by atoms with van der Waals surface area (Å²) in [5, 5.41) is 8.63. The van der Waals surface area contributed by atoms with Crippen LogP contribution in [-0.2, 0) is 19.8 Å². The molecule has 130 valence electrons. The smallest absolute Gasteiger partial charge is 0.418 e. The van der Waals surface area contributed by atoms with Crippen LogP contribution >= 0.6 is 0 Å². The Labute approximate surface area is 136 Å². The van der Waals surface area contributed by atoms with Gasteiger partial charge in [0, 0.05) is 13.2 Å². The molecule has 0 atom stereocenters. The number of alkyl halides is 3. The van der Waals surface area contributed by atoms with Gasteiger partial charge in [-0.1, -0.05) is 0 Å². The summed E-state index contributed by atoms with van der Waals surface area (Å²) < 4.78 is 46.1. The minimum atomic E-state index is -4.61. The Balaban J connectivity index is 2.10. The van der Waals surface area contributed by atoms with Crippen molar-refractivity contribution in [3.8, 4) is 5.75 Å². The maximum Gasteiger partial charge on any atom is 0.418 e. The molecule has 6 nitrogen and oxygen atoms in total. The number of aromatic nitrogens is 2. The van der Waals surface area contributed by atoms with Gasteiger partial charge in [-0.3, -0.25) is 4.68 Å². The molecule has 0 spiro atoms. The number of anilines is 1. The van der Waals surface area contributed by atoms with Gasteiger partial charge in [-0.25, -0.2) is 4.79 Å². The van der Waals surface area contributed by atoms with Gasteiger partial charge in [0.1, 0.15) is 5.75 Å². The normalized spacial score (nSPS) is 11.2. The summed E-state index contributed by atoms with van der Waals surface area (Å²) in [4.78, 5) is 11.9. The summed E-state index contributed by atoms with van der Waals surface area (Å²) in [6.07, 6.45) is -3.05. The molecule has 0 aliphatic rings. The molecule has 0 aliphatic heterocycles. The van der Waals surface area contributed by atoms with Crippen molar-refractivity contribution in [2.75, 3.05) is 11.9 Å². The van der Waals surface area contributed by atoms with Crippen LogP contribution in [-0.4, -0.2) is 22.4 Å². The van der Waals surface area contributed by atoms with Crippen molar-refractivity contribution in [1.82, 2.24) is 15.1 Å². The fourth-order valence-electron chi connectivity index (χ4n) is 2.04. The van der Waals surface area contributed by atoms with Crippen LogP contribution < -0.4 is 15.4 Å². The maximum absolute atomic E-state index is 13.1. The molecule has 0 saturated carbocycles. The Morgan fingerprint density at radius 1 is 1.33 bits per heavy atom. The summed E-state index contributed by atoms with van der Waals surface area (Å²) in [5.41, 5.74) is -0.592. The SMILES string of the molecule is CCOc1ccc(NC(=O)NCc2ccnn2C)c(C(F)(F)F)c1. The Bertz CT molecular complexity index is 713. The summed E-state index contributed by atoms with van der Waals surface area (Å²) in [7, 11) is 1.70. The Hall–Kier alpha value is -2.71. The number of amides is 2. The highest BCUT2D eigenvalue weighted by Gasteiger charge is 2.34. The van der Waals surface area contributed by atoms with Gasteiger partial charge in [-0.15, -0.1) is 0 Å². The zero-order valence-corrected chi connectivity index (χ0v) is 13.1. The standard InChI is InChI=1S/C15H17F3N4O2/c1-3-24-11-4-5-13(12(8-11)15(16,17)18)21-14(23)19-9-10-6-7-20-22(10)2/h4-8H,3,9H2,1-2H3,(H2,19,21,23). The molecule has 1 aromatic heterocycles. The van der Waals surface area contributed by atoms with Crippen molar-refractivity contribution in [1.29, 1.82) is 0 Å². The molecular formula is C15H17F3N4O2. The number of ether oxygens (including phenoxy) is 1. The number of hydrogen-bond donors (Lipinski definition) is 2. The van der Waals surface area contributed by atoms with Crippen LogP contribution in [0.4, 0.5) is 23.7 Å². The number of halogens is 3. The van der Waals surface area contributed by atoms with Crippen LogP contribution in [0.25, 0.3) is 0 Å². The zero-order valence-electron chi connectivity index (χ0n) is 13.1. The second kappa shape index (κ2) is 7.24. The lowest BCUT2D eigenvalue weighted by molar-refractivity contribution is -0.137. The van der Waals surface area contributed by atoms with Gasteiger partial charge in [0.15, 0.2) is 0 Å². The number of rotatable bonds is 5. The van der Waals surface area contributed by atoms with Crippen molar-refractivity contribution < 1.29 is 22.7 Å². The fourth-order valence-corrected chi connectivity index (χ4v) is 2.04. The average Bonchev–Trinajstić information content (AvgIpc) is 2.91. The third-order valence-electron chi connectivity index (χ3n) is 3.21. The molecule has 0 bridgehead atoms. The molecule has 9 heteroatoms. The number of carbonyl (C=O) groups is 1. The summed E-state index contributed by atoms with van der Waals surface area (Å²) in [6.45, 7) is 2.06. The van der Waals surface area contributed by atoms with Crippen molar-refractivity contribution in [3.05, 3.63) is 41.7 Å². The second-order valence-corrected chi connectivity index (χ2v) is 4.89. The van der Waals surface area contributed by atoms with Crippen LogP contribution in [0.5, 0.6) is 5.75 Å². The summed E-state index contributed by atoms with van der Waals surface area (Å²) >= 11 is 0. The van der Waals surface area contributed by atoms with Crippen LogP contribution in [0.3, 0.4) is 0 Å². The lowest BCUT2D eigenvalue weighted by Gasteiger charge is -2.16. The Morgan fingerprint density at radius 3 is 2.67 bits per heavy atom. The molecule has 2 aromatic rings.